The highest BCUT2D eigenvalue weighted by Gasteiger charge is 2.30. The highest BCUT2D eigenvalue weighted by Crippen LogP contribution is 2.31. The van der Waals surface area contributed by atoms with E-state index in [1.165, 1.54) is 28.9 Å². The number of nitriles is 1. The summed E-state index contributed by atoms with van der Waals surface area (Å²) in [5.74, 6) is -1.82. The molecule has 1 aromatic heterocycles. The minimum absolute atomic E-state index is 0.428. The molecule has 0 aliphatic heterocycles. The summed E-state index contributed by atoms with van der Waals surface area (Å²) in [6.07, 6.45) is 4.18. The number of aryl methyl sites for hydroxylation is 2. The smallest absolute Gasteiger partial charge is 0.249 e. The number of nitrogens with one attached hydrogen (secondary N) is 1. The predicted octanol–water partition coefficient (Wildman–Crippen LogP) is 3.60. The van der Waals surface area contributed by atoms with Crippen molar-refractivity contribution < 1.29 is 14.3 Å². The summed E-state index contributed by atoms with van der Waals surface area (Å²) in [6.45, 7) is 0. The Hall–Kier alpha value is -2.65. The number of carbonyl (C=O) groups excluding carboxylic acids is 2. The van der Waals surface area contributed by atoms with Crippen molar-refractivity contribution >= 4 is 28.7 Å². The van der Waals surface area contributed by atoms with Crippen molar-refractivity contribution in [2.45, 2.75) is 25.7 Å². The van der Waals surface area contributed by atoms with Crippen LogP contribution >= 0.6 is 11.3 Å². The Bertz CT molecular complexity index is 827. The van der Waals surface area contributed by atoms with Crippen molar-refractivity contribution in [2.75, 3.05) is 12.4 Å². The number of hydrogen-bond donors (Lipinski definition) is 1. The average Bonchev–Trinajstić information content (AvgIpc) is 3.06. The monoisotopic (exact) mass is 354 g/mol. The number of methoxy groups -OCH3 is 1. The van der Waals surface area contributed by atoms with Gasteiger partial charge in [0.15, 0.2) is 11.7 Å². The van der Waals surface area contributed by atoms with Gasteiger partial charge in [0.2, 0.25) is 5.91 Å². The average molecular weight is 354 g/mol. The first-order chi connectivity index (χ1) is 12.1. The first kappa shape index (κ1) is 17.2. The lowest BCUT2D eigenvalue weighted by molar-refractivity contribution is -0.117. The van der Waals surface area contributed by atoms with Crippen LogP contribution in [0.3, 0.4) is 0 Å². The molecule has 1 unspecified atom stereocenters. The minimum atomic E-state index is -1.36. The Morgan fingerprint density at radius 1 is 1.28 bits per heavy atom. The van der Waals surface area contributed by atoms with E-state index in [9.17, 15) is 14.9 Å². The lowest BCUT2D eigenvalue weighted by Gasteiger charge is -2.09. The fraction of sp³-hybridized carbons (Fsp3) is 0.316. The summed E-state index contributed by atoms with van der Waals surface area (Å²) in [5, 5.41) is 12.0. The standard InChI is InChI=1S/C19H18N2O3S/c1-24-14-7-4-6-13(10-14)21-19(23)15(11-20)18(22)17-9-12-5-2-3-8-16(12)25-17/h4,6-7,9-10,15H,2-3,5,8H2,1H3,(H,21,23). The third-order valence-corrected chi connectivity index (χ3v) is 5.48. The van der Waals surface area contributed by atoms with Crippen molar-refractivity contribution in [3.63, 3.8) is 0 Å². The van der Waals surface area contributed by atoms with E-state index in [1.807, 2.05) is 12.1 Å². The maximum atomic E-state index is 12.7. The second-order valence-corrected chi connectivity index (χ2v) is 7.05. The van der Waals surface area contributed by atoms with Crippen LogP contribution in [-0.2, 0) is 17.6 Å². The fourth-order valence-electron chi connectivity index (χ4n) is 2.91. The van der Waals surface area contributed by atoms with Crippen LogP contribution in [-0.4, -0.2) is 18.8 Å². The Balaban J connectivity index is 1.76. The molecule has 6 heteroatoms. The predicted molar refractivity (Wildman–Crippen MR) is 96.0 cm³/mol. The molecule has 1 heterocycles. The number of amides is 1. The van der Waals surface area contributed by atoms with Crippen molar-refractivity contribution in [1.82, 2.24) is 0 Å². The Morgan fingerprint density at radius 3 is 2.80 bits per heavy atom. The molecule has 1 N–H and O–H groups in total. The van der Waals surface area contributed by atoms with E-state index in [2.05, 4.69) is 5.32 Å². The quantitative estimate of drug-likeness (QED) is 0.657. The molecule has 1 aromatic carbocycles. The van der Waals surface area contributed by atoms with Crippen LogP contribution in [0.4, 0.5) is 5.69 Å². The number of thiophene rings is 1. The number of ether oxygens (including phenoxy) is 1. The lowest BCUT2D eigenvalue weighted by Crippen LogP contribution is -2.28. The third kappa shape index (κ3) is 3.72. The first-order valence-corrected chi connectivity index (χ1v) is 8.94. The summed E-state index contributed by atoms with van der Waals surface area (Å²) < 4.78 is 5.10. The van der Waals surface area contributed by atoms with Gasteiger partial charge in [0.25, 0.3) is 0 Å². The first-order valence-electron chi connectivity index (χ1n) is 8.12. The maximum absolute atomic E-state index is 12.7. The molecule has 1 aliphatic rings. The number of hydrogen-bond acceptors (Lipinski definition) is 5. The molecule has 1 aliphatic carbocycles. The van der Waals surface area contributed by atoms with E-state index in [0.717, 1.165) is 25.7 Å². The Morgan fingerprint density at radius 2 is 2.08 bits per heavy atom. The summed E-state index contributed by atoms with van der Waals surface area (Å²) in [4.78, 5) is 26.8. The molecule has 0 saturated carbocycles. The third-order valence-electron chi connectivity index (χ3n) is 4.23. The van der Waals surface area contributed by atoms with E-state index in [-0.39, 0.29) is 0 Å². The van der Waals surface area contributed by atoms with Gasteiger partial charge in [0.05, 0.1) is 18.1 Å². The fourth-order valence-corrected chi connectivity index (χ4v) is 4.13. The summed E-state index contributed by atoms with van der Waals surface area (Å²) in [7, 11) is 1.53. The van der Waals surface area contributed by atoms with Crippen molar-refractivity contribution in [2.24, 2.45) is 5.92 Å². The molecule has 0 saturated heterocycles. The summed E-state index contributed by atoms with van der Waals surface area (Å²) in [6, 6.07) is 10.5. The minimum Gasteiger partial charge on any atom is -0.497 e. The van der Waals surface area contributed by atoms with Crippen molar-refractivity contribution in [3.05, 3.63) is 45.6 Å². The zero-order valence-electron chi connectivity index (χ0n) is 13.9. The molecule has 1 amide bonds. The van der Waals surface area contributed by atoms with Gasteiger partial charge in [-0.2, -0.15) is 5.26 Å². The number of nitrogens with zero attached hydrogens (tertiary/aromatic N) is 1. The van der Waals surface area contributed by atoms with E-state index < -0.39 is 17.6 Å². The molecule has 1 atom stereocenters. The zero-order valence-corrected chi connectivity index (χ0v) is 14.7. The van der Waals surface area contributed by atoms with Crippen molar-refractivity contribution in [3.8, 4) is 11.8 Å². The van der Waals surface area contributed by atoms with Gasteiger partial charge >= 0.3 is 0 Å². The molecule has 3 rings (SSSR count). The zero-order chi connectivity index (χ0) is 17.8. The van der Waals surface area contributed by atoms with Gasteiger partial charge in [-0.25, -0.2) is 0 Å². The van der Waals surface area contributed by atoms with Gasteiger partial charge < -0.3 is 10.1 Å². The van der Waals surface area contributed by atoms with Gasteiger partial charge in [0.1, 0.15) is 5.75 Å². The molecular weight excluding hydrogens is 336 g/mol. The lowest BCUT2D eigenvalue weighted by atomic mass is 9.97. The summed E-state index contributed by atoms with van der Waals surface area (Å²) >= 11 is 1.42. The highest BCUT2D eigenvalue weighted by molar-refractivity contribution is 7.14. The number of ketones is 1. The Labute approximate surface area is 150 Å². The van der Waals surface area contributed by atoms with Gasteiger partial charge in [-0.1, -0.05) is 6.07 Å². The van der Waals surface area contributed by atoms with Gasteiger partial charge in [0, 0.05) is 16.6 Å². The Kier molecular flexibility index (Phi) is 5.15. The van der Waals surface area contributed by atoms with Crippen LogP contribution in [0.1, 0.15) is 33.0 Å². The second kappa shape index (κ2) is 7.49. The summed E-state index contributed by atoms with van der Waals surface area (Å²) in [5.41, 5.74) is 1.67. The number of carbonyl (C=O) groups is 2. The molecule has 128 valence electrons. The second-order valence-electron chi connectivity index (χ2n) is 5.91. The molecule has 25 heavy (non-hydrogen) atoms. The number of rotatable bonds is 5. The molecule has 5 nitrogen and oxygen atoms in total. The number of benzene rings is 1. The maximum Gasteiger partial charge on any atom is 0.249 e. The molecule has 2 aromatic rings. The molecular formula is C19H18N2O3S. The van der Waals surface area contributed by atoms with Gasteiger partial charge in [-0.05, 0) is 49.4 Å². The molecule has 0 radical (unpaired) electrons. The topological polar surface area (TPSA) is 79.2 Å². The van der Waals surface area contributed by atoms with Crippen LogP contribution in [0, 0.1) is 17.2 Å². The van der Waals surface area contributed by atoms with E-state index in [4.69, 9.17) is 4.74 Å². The highest BCUT2D eigenvalue weighted by atomic mass is 32.1. The van der Waals surface area contributed by atoms with E-state index in [1.54, 1.807) is 24.3 Å². The number of fused-ring (bicyclic) bond motifs is 1. The molecule has 0 fully saturated rings. The van der Waals surface area contributed by atoms with Crippen LogP contribution in [0.5, 0.6) is 5.75 Å². The van der Waals surface area contributed by atoms with E-state index >= 15 is 0 Å². The van der Waals surface area contributed by atoms with Crippen LogP contribution in [0.25, 0.3) is 0 Å². The van der Waals surface area contributed by atoms with Crippen LogP contribution in [0.15, 0.2) is 30.3 Å². The normalized spacial score (nSPS) is 14.1. The molecule has 0 spiro atoms. The number of Topliss-reactive ketones (excluding diaryl/α,β-unsaturated/α-hetero) is 1. The largest absolute Gasteiger partial charge is 0.497 e. The van der Waals surface area contributed by atoms with Crippen molar-refractivity contribution in [1.29, 1.82) is 5.26 Å². The van der Waals surface area contributed by atoms with Crippen LogP contribution < -0.4 is 10.1 Å². The van der Waals surface area contributed by atoms with Gasteiger partial charge in [-0.15, -0.1) is 11.3 Å². The van der Waals surface area contributed by atoms with E-state index in [0.29, 0.717) is 16.3 Å². The SMILES string of the molecule is COc1cccc(NC(=O)C(C#N)C(=O)c2cc3c(s2)CCCC3)c1. The molecule has 0 bridgehead atoms. The number of anilines is 1. The van der Waals surface area contributed by atoms with Gasteiger partial charge in [-0.3, -0.25) is 9.59 Å². The van der Waals surface area contributed by atoms with Crippen LogP contribution in [0.2, 0.25) is 0 Å².